The molecule has 2 aliphatic heterocycles. The standard InChI is InChI=1S/C24H24N2O/c1-17(18-11-13-19(27-2)14-12-18)25-15-16-26-23-10-6-5-8-21(23)20-7-3-4-9-22(20)24(25)26/h3-14,17,24H,15-16H2,1-2H3. The highest BCUT2D eigenvalue weighted by Gasteiger charge is 2.41. The summed E-state index contributed by atoms with van der Waals surface area (Å²) in [6.45, 7) is 4.42. The van der Waals surface area contributed by atoms with E-state index in [1.54, 1.807) is 7.11 Å². The molecule has 27 heavy (non-hydrogen) atoms. The number of para-hydroxylation sites is 1. The Balaban J connectivity index is 1.56. The van der Waals surface area contributed by atoms with Crippen molar-refractivity contribution in [2.75, 3.05) is 25.1 Å². The maximum Gasteiger partial charge on any atom is 0.118 e. The number of hydrogen-bond donors (Lipinski definition) is 0. The van der Waals surface area contributed by atoms with Crippen molar-refractivity contribution in [3.8, 4) is 16.9 Å². The number of nitrogens with zero attached hydrogens (tertiary/aromatic N) is 2. The first-order valence-electron chi connectivity index (χ1n) is 9.62. The molecule has 1 saturated heterocycles. The number of rotatable bonds is 3. The fourth-order valence-corrected chi connectivity index (χ4v) is 4.64. The Labute approximate surface area is 160 Å². The molecule has 3 aromatic rings. The average molecular weight is 356 g/mol. The lowest BCUT2D eigenvalue weighted by Gasteiger charge is -2.40. The first kappa shape index (κ1) is 16.4. The van der Waals surface area contributed by atoms with Gasteiger partial charge in [-0.25, -0.2) is 0 Å². The van der Waals surface area contributed by atoms with Gasteiger partial charge in [-0.1, -0.05) is 54.6 Å². The number of anilines is 1. The maximum absolute atomic E-state index is 5.32. The van der Waals surface area contributed by atoms with E-state index in [-0.39, 0.29) is 6.17 Å². The summed E-state index contributed by atoms with van der Waals surface area (Å²) in [5.74, 6) is 0.908. The Kier molecular flexibility index (Phi) is 3.91. The second kappa shape index (κ2) is 6.43. The number of benzene rings is 3. The molecule has 0 aromatic heterocycles. The van der Waals surface area contributed by atoms with Gasteiger partial charge in [0.15, 0.2) is 0 Å². The normalized spacial score (nSPS) is 19.2. The molecule has 5 rings (SSSR count). The molecule has 2 heterocycles. The van der Waals surface area contributed by atoms with E-state index in [1.807, 2.05) is 0 Å². The van der Waals surface area contributed by atoms with Crippen molar-refractivity contribution in [3.63, 3.8) is 0 Å². The van der Waals surface area contributed by atoms with Crippen molar-refractivity contribution < 1.29 is 4.74 Å². The van der Waals surface area contributed by atoms with Gasteiger partial charge < -0.3 is 9.64 Å². The van der Waals surface area contributed by atoms with Crippen LogP contribution in [0, 0.1) is 0 Å². The van der Waals surface area contributed by atoms with Crippen LogP contribution in [0.15, 0.2) is 72.8 Å². The summed E-state index contributed by atoms with van der Waals surface area (Å²) in [6.07, 6.45) is 0.285. The summed E-state index contributed by atoms with van der Waals surface area (Å²) >= 11 is 0. The van der Waals surface area contributed by atoms with Crippen molar-refractivity contribution in [1.82, 2.24) is 4.90 Å². The Morgan fingerprint density at radius 3 is 2.33 bits per heavy atom. The van der Waals surface area contributed by atoms with Crippen LogP contribution in [-0.2, 0) is 0 Å². The van der Waals surface area contributed by atoms with Crippen LogP contribution in [0.3, 0.4) is 0 Å². The molecule has 0 N–H and O–H groups in total. The monoisotopic (exact) mass is 356 g/mol. The van der Waals surface area contributed by atoms with Crippen molar-refractivity contribution >= 4 is 5.69 Å². The molecule has 0 bridgehead atoms. The summed E-state index contributed by atoms with van der Waals surface area (Å²) in [6, 6.07) is 26.5. The smallest absolute Gasteiger partial charge is 0.118 e. The number of hydrogen-bond acceptors (Lipinski definition) is 3. The van der Waals surface area contributed by atoms with Gasteiger partial charge in [0.1, 0.15) is 11.9 Å². The molecule has 3 heteroatoms. The van der Waals surface area contributed by atoms with E-state index in [4.69, 9.17) is 4.74 Å². The predicted octanol–water partition coefficient (Wildman–Crippen LogP) is 5.26. The highest BCUT2D eigenvalue weighted by Crippen LogP contribution is 2.49. The Hall–Kier alpha value is -2.78. The fourth-order valence-electron chi connectivity index (χ4n) is 4.64. The van der Waals surface area contributed by atoms with Gasteiger partial charge in [0, 0.05) is 30.4 Å². The van der Waals surface area contributed by atoms with Crippen LogP contribution in [0.4, 0.5) is 5.69 Å². The molecule has 136 valence electrons. The van der Waals surface area contributed by atoms with Gasteiger partial charge in [-0.2, -0.15) is 0 Å². The summed E-state index contributed by atoms with van der Waals surface area (Å²) < 4.78 is 5.32. The van der Waals surface area contributed by atoms with Crippen LogP contribution in [0.5, 0.6) is 5.75 Å². The van der Waals surface area contributed by atoms with Crippen LogP contribution in [0.25, 0.3) is 11.1 Å². The molecular weight excluding hydrogens is 332 g/mol. The van der Waals surface area contributed by atoms with Gasteiger partial charge in [0.05, 0.1) is 7.11 Å². The van der Waals surface area contributed by atoms with E-state index in [9.17, 15) is 0 Å². The zero-order chi connectivity index (χ0) is 18.4. The van der Waals surface area contributed by atoms with Crippen LogP contribution in [0.1, 0.15) is 30.3 Å². The third-order valence-corrected chi connectivity index (χ3v) is 6.05. The van der Waals surface area contributed by atoms with Crippen LogP contribution in [-0.4, -0.2) is 25.1 Å². The molecule has 1 fully saturated rings. The Morgan fingerprint density at radius 1 is 0.852 bits per heavy atom. The second-order valence-electron chi connectivity index (χ2n) is 7.36. The zero-order valence-corrected chi connectivity index (χ0v) is 15.8. The SMILES string of the molecule is COc1ccc(C(C)N2CCN3c4ccccc4-c4ccccc4C32)cc1. The molecule has 0 amide bonds. The van der Waals surface area contributed by atoms with E-state index in [1.165, 1.54) is 27.9 Å². The van der Waals surface area contributed by atoms with Gasteiger partial charge in [-0.3, -0.25) is 4.90 Å². The highest BCUT2D eigenvalue weighted by atomic mass is 16.5. The molecule has 2 atom stereocenters. The van der Waals surface area contributed by atoms with Gasteiger partial charge in [-0.15, -0.1) is 0 Å². The third-order valence-electron chi connectivity index (χ3n) is 6.05. The lowest BCUT2D eigenvalue weighted by Crippen LogP contribution is -2.35. The van der Waals surface area contributed by atoms with Crippen molar-refractivity contribution in [1.29, 1.82) is 0 Å². The fraction of sp³-hybridized carbons (Fsp3) is 0.250. The van der Waals surface area contributed by atoms with Gasteiger partial charge in [0.2, 0.25) is 0 Å². The summed E-state index contributed by atoms with van der Waals surface area (Å²) in [4.78, 5) is 5.19. The first-order valence-corrected chi connectivity index (χ1v) is 9.62. The maximum atomic E-state index is 5.32. The zero-order valence-electron chi connectivity index (χ0n) is 15.8. The van der Waals surface area contributed by atoms with Gasteiger partial charge in [0.25, 0.3) is 0 Å². The van der Waals surface area contributed by atoms with Crippen molar-refractivity contribution in [3.05, 3.63) is 83.9 Å². The summed E-state index contributed by atoms with van der Waals surface area (Å²) in [5.41, 5.74) is 6.81. The molecule has 2 unspecified atom stereocenters. The molecular formula is C24H24N2O. The molecule has 3 nitrogen and oxygen atoms in total. The predicted molar refractivity (Wildman–Crippen MR) is 110 cm³/mol. The highest BCUT2D eigenvalue weighted by molar-refractivity contribution is 5.85. The average Bonchev–Trinajstić information content (AvgIpc) is 3.19. The van der Waals surface area contributed by atoms with Gasteiger partial charge >= 0.3 is 0 Å². The Bertz CT molecular complexity index is 966. The van der Waals surface area contributed by atoms with Crippen LogP contribution >= 0.6 is 0 Å². The summed E-state index contributed by atoms with van der Waals surface area (Å²) in [7, 11) is 1.72. The first-order chi connectivity index (χ1) is 13.3. The lowest BCUT2D eigenvalue weighted by molar-refractivity contribution is 0.195. The Morgan fingerprint density at radius 2 is 1.56 bits per heavy atom. The number of methoxy groups -OCH3 is 1. The van der Waals surface area contributed by atoms with E-state index in [0.29, 0.717) is 6.04 Å². The molecule has 3 aromatic carbocycles. The minimum atomic E-state index is 0.285. The number of ether oxygens (including phenoxy) is 1. The van der Waals surface area contributed by atoms with E-state index >= 15 is 0 Å². The molecule has 0 aliphatic carbocycles. The van der Waals surface area contributed by atoms with E-state index in [2.05, 4.69) is 89.5 Å². The quantitative estimate of drug-likeness (QED) is 0.637. The molecule has 0 saturated carbocycles. The second-order valence-corrected chi connectivity index (χ2v) is 7.36. The largest absolute Gasteiger partial charge is 0.497 e. The van der Waals surface area contributed by atoms with Crippen LogP contribution in [0.2, 0.25) is 0 Å². The lowest BCUT2D eigenvalue weighted by atomic mass is 9.91. The van der Waals surface area contributed by atoms with Crippen molar-refractivity contribution in [2.45, 2.75) is 19.1 Å². The minimum Gasteiger partial charge on any atom is -0.497 e. The number of fused-ring (bicyclic) bond motifs is 6. The van der Waals surface area contributed by atoms with Gasteiger partial charge in [-0.05, 0) is 41.8 Å². The minimum absolute atomic E-state index is 0.285. The molecule has 0 spiro atoms. The summed E-state index contributed by atoms with van der Waals surface area (Å²) in [5, 5.41) is 0. The van der Waals surface area contributed by atoms with E-state index in [0.717, 1.165) is 18.8 Å². The van der Waals surface area contributed by atoms with Crippen LogP contribution < -0.4 is 9.64 Å². The molecule has 0 radical (unpaired) electrons. The van der Waals surface area contributed by atoms with Crippen molar-refractivity contribution in [2.24, 2.45) is 0 Å². The third kappa shape index (κ3) is 2.54. The molecule has 2 aliphatic rings. The van der Waals surface area contributed by atoms with E-state index < -0.39 is 0 Å². The topological polar surface area (TPSA) is 15.7 Å².